The molecule has 1 N–H and O–H groups in total. The number of hydrogen-bond acceptors (Lipinski definition) is 2. The monoisotopic (exact) mass is 401 g/mol. The van der Waals surface area contributed by atoms with Gasteiger partial charge in [-0.2, -0.15) is 0 Å². The molecule has 1 amide bonds. The predicted octanol–water partition coefficient (Wildman–Crippen LogP) is 4.51. The van der Waals surface area contributed by atoms with E-state index in [0.717, 1.165) is 9.13 Å². The molecular weight excluding hydrogens is 389 g/mol. The van der Waals surface area contributed by atoms with Crippen molar-refractivity contribution in [1.82, 2.24) is 0 Å². The molecule has 0 aliphatic carbocycles. The van der Waals surface area contributed by atoms with Crippen molar-refractivity contribution < 1.29 is 9.53 Å². The molecule has 0 aliphatic heterocycles. The predicted molar refractivity (Wildman–Crippen MR) is 89.9 cm³/mol. The lowest BCUT2D eigenvalue weighted by Crippen LogP contribution is -2.12. The summed E-state index contributed by atoms with van der Waals surface area (Å²) in [4.78, 5) is 12.2. The fourth-order valence-corrected chi connectivity index (χ4v) is 2.45. The van der Waals surface area contributed by atoms with Gasteiger partial charge < -0.3 is 10.1 Å². The third-order valence-corrected chi connectivity index (χ3v) is 4.30. The molecule has 3 nitrogen and oxygen atoms in total. The van der Waals surface area contributed by atoms with Crippen LogP contribution in [0.2, 0.25) is 5.02 Å². The van der Waals surface area contributed by atoms with Gasteiger partial charge in [0.2, 0.25) is 0 Å². The highest BCUT2D eigenvalue weighted by Gasteiger charge is 2.09. The number of amides is 1. The number of carbonyl (C=O) groups excluding carboxylic acids is 1. The Kier molecular flexibility index (Phi) is 4.88. The standard InChI is InChI=1S/C15H13ClINO2/c1-9-3-4-10(7-13(9)17)15(19)18-11-5-6-14(20-2)12(16)8-11/h3-8H,1-2H3,(H,18,19). The minimum atomic E-state index is -0.163. The maximum absolute atomic E-state index is 12.2. The lowest BCUT2D eigenvalue weighted by Gasteiger charge is -2.09. The summed E-state index contributed by atoms with van der Waals surface area (Å²) in [6.07, 6.45) is 0. The van der Waals surface area contributed by atoms with Gasteiger partial charge in [-0.1, -0.05) is 17.7 Å². The van der Waals surface area contributed by atoms with Crippen LogP contribution in [0.5, 0.6) is 5.75 Å². The minimum Gasteiger partial charge on any atom is -0.495 e. The topological polar surface area (TPSA) is 38.3 Å². The Morgan fingerprint density at radius 1 is 1.25 bits per heavy atom. The first-order chi connectivity index (χ1) is 9.51. The summed E-state index contributed by atoms with van der Waals surface area (Å²) in [5.74, 6) is 0.415. The van der Waals surface area contributed by atoms with Gasteiger partial charge in [0.05, 0.1) is 12.1 Å². The van der Waals surface area contributed by atoms with E-state index in [-0.39, 0.29) is 5.91 Å². The summed E-state index contributed by atoms with van der Waals surface area (Å²) in [6, 6.07) is 10.7. The summed E-state index contributed by atoms with van der Waals surface area (Å²) in [7, 11) is 1.55. The highest BCUT2D eigenvalue weighted by atomic mass is 127. The first kappa shape index (κ1) is 15.1. The molecule has 0 atom stereocenters. The summed E-state index contributed by atoms with van der Waals surface area (Å²) < 4.78 is 6.13. The molecule has 104 valence electrons. The van der Waals surface area contributed by atoms with Crippen LogP contribution in [-0.4, -0.2) is 13.0 Å². The van der Waals surface area contributed by atoms with Crippen molar-refractivity contribution in [3.8, 4) is 5.75 Å². The van der Waals surface area contributed by atoms with E-state index < -0.39 is 0 Å². The van der Waals surface area contributed by atoms with Gasteiger partial charge in [-0.25, -0.2) is 0 Å². The lowest BCUT2D eigenvalue weighted by atomic mass is 10.1. The number of methoxy groups -OCH3 is 1. The molecule has 0 aliphatic rings. The molecule has 0 aromatic heterocycles. The van der Waals surface area contributed by atoms with E-state index in [0.29, 0.717) is 22.0 Å². The van der Waals surface area contributed by atoms with Crippen LogP contribution in [-0.2, 0) is 0 Å². The maximum Gasteiger partial charge on any atom is 0.255 e. The van der Waals surface area contributed by atoms with E-state index in [1.165, 1.54) is 0 Å². The van der Waals surface area contributed by atoms with Crippen LogP contribution in [0.4, 0.5) is 5.69 Å². The van der Waals surface area contributed by atoms with Crippen LogP contribution in [0.1, 0.15) is 15.9 Å². The van der Waals surface area contributed by atoms with E-state index in [4.69, 9.17) is 16.3 Å². The van der Waals surface area contributed by atoms with Crippen molar-refractivity contribution in [2.75, 3.05) is 12.4 Å². The Bertz CT molecular complexity index is 658. The van der Waals surface area contributed by atoms with Crippen LogP contribution < -0.4 is 10.1 Å². The number of benzene rings is 2. The van der Waals surface area contributed by atoms with Gasteiger partial charge in [0.25, 0.3) is 5.91 Å². The van der Waals surface area contributed by atoms with Gasteiger partial charge in [0, 0.05) is 14.8 Å². The van der Waals surface area contributed by atoms with Crippen LogP contribution in [0.3, 0.4) is 0 Å². The number of aryl methyl sites for hydroxylation is 1. The summed E-state index contributed by atoms with van der Waals surface area (Å²) in [6.45, 7) is 2.01. The second-order valence-electron chi connectivity index (χ2n) is 4.27. The molecule has 0 unspecified atom stereocenters. The number of nitrogens with one attached hydrogen (secondary N) is 1. The highest BCUT2D eigenvalue weighted by molar-refractivity contribution is 14.1. The Morgan fingerprint density at radius 3 is 2.60 bits per heavy atom. The van der Waals surface area contributed by atoms with E-state index in [9.17, 15) is 4.79 Å². The average molecular weight is 402 g/mol. The van der Waals surface area contributed by atoms with Crippen LogP contribution in [0, 0.1) is 10.5 Å². The van der Waals surface area contributed by atoms with Crippen LogP contribution >= 0.6 is 34.2 Å². The Hall–Kier alpha value is -1.27. The molecule has 2 aromatic rings. The SMILES string of the molecule is COc1ccc(NC(=O)c2ccc(C)c(I)c2)cc1Cl. The zero-order valence-electron chi connectivity index (χ0n) is 11.0. The Labute approximate surface area is 136 Å². The third kappa shape index (κ3) is 3.43. The quantitative estimate of drug-likeness (QED) is 0.768. The molecule has 0 spiro atoms. The number of halogens is 2. The highest BCUT2D eigenvalue weighted by Crippen LogP contribution is 2.27. The molecule has 0 radical (unpaired) electrons. The van der Waals surface area contributed by atoms with Crippen molar-refractivity contribution >= 4 is 45.8 Å². The summed E-state index contributed by atoms with van der Waals surface area (Å²) in [5.41, 5.74) is 2.40. The number of carbonyl (C=O) groups is 1. The van der Waals surface area contributed by atoms with E-state index in [1.807, 2.05) is 19.1 Å². The van der Waals surface area contributed by atoms with E-state index >= 15 is 0 Å². The van der Waals surface area contributed by atoms with Crippen molar-refractivity contribution in [2.45, 2.75) is 6.92 Å². The van der Waals surface area contributed by atoms with Gasteiger partial charge in [0.15, 0.2) is 0 Å². The number of ether oxygens (including phenoxy) is 1. The minimum absolute atomic E-state index is 0.163. The van der Waals surface area contributed by atoms with Gasteiger partial charge in [-0.3, -0.25) is 4.79 Å². The molecule has 5 heteroatoms. The molecule has 0 heterocycles. The van der Waals surface area contributed by atoms with Crippen molar-refractivity contribution in [3.63, 3.8) is 0 Å². The van der Waals surface area contributed by atoms with Crippen molar-refractivity contribution in [1.29, 1.82) is 0 Å². The maximum atomic E-state index is 12.2. The Balaban J connectivity index is 2.19. The van der Waals surface area contributed by atoms with Gasteiger partial charge in [-0.15, -0.1) is 0 Å². The molecule has 2 aromatic carbocycles. The fourth-order valence-electron chi connectivity index (χ4n) is 1.68. The first-order valence-electron chi connectivity index (χ1n) is 5.92. The zero-order chi connectivity index (χ0) is 14.7. The summed E-state index contributed by atoms with van der Waals surface area (Å²) >= 11 is 8.24. The van der Waals surface area contributed by atoms with Crippen molar-refractivity contribution in [3.05, 3.63) is 56.1 Å². The Morgan fingerprint density at radius 2 is 2.00 bits per heavy atom. The van der Waals surface area contributed by atoms with Crippen LogP contribution in [0.15, 0.2) is 36.4 Å². The normalized spacial score (nSPS) is 10.2. The first-order valence-corrected chi connectivity index (χ1v) is 7.38. The average Bonchev–Trinajstić information content (AvgIpc) is 2.42. The van der Waals surface area contributed by atoms with E-state index in [1.54, 1.807) is 31.4 Å². The molecule has 0 bridgehead atoms. The number of hydrogen-bond donors (Lipinski definition) is 1. The molecular formula is C15H13ClINO2. The number of anilines is 1. The molecule has 20 heavy (non-hydrogen) atoms. The molecule has 0 saturated carbocycles. The lowest BCUT2D eigenvalue weighted by molar-refractivity contribution is 0.102. The molecule has 0 saturated heterocycles. The molecule has 0 fully saturated rings. The summed E-state index contributed by atoms with van der Waals surface area (Å²) in [5, 5.41) is 3.28. The van der Waals surface area contributed by atoms with Gasteiger partial charge >= 0.3 is 0 Å². The largest absolute Gasteiger partial charge is 0.495 e. The van der Waals surface area contributed by atoms with E-state index in [2.05, 4.69) is 27.9 Å². The second kappa shape index (κ2) is 6.45. The van der Waals surface area contributed by atoms with Gasteiger partial charge in [0.1, 0.15) is 5.75 Å². The number of rotatable bonds is 3. The fraction of sp³-hybridized carbons (Fsp3) is 0.133. The van der Waals surface area contributed by atoms with Gasteiger partial charge in [-0.05, 0) is 65.4 Å². The molecule has 2 rings (SSSR count). The second-order valence-corrected chi connectivity index (χ2v) is 5.84. The third-order valence-electron chi connectivity index (χ3n) is 2.84. The van der Waals surface area contributed by atoms with Crippen LogP contribution in [0.25, 0.3) is 0 Å². The zero-order valence-corrected chi connectivity index (χ0v) is 13.9. The van der Waals surface area contributed by atoms with Crippen molar-refractivity contribution in [2.24, 2.45) is 0 Å². The smallest absolute Gasteiger partial charge is 0.255 e.